The lowest BCUT2D eigenvalue weighted by Gasteiger charge is -2.36. The van der Waals surface area contributed by atoms with Gasteiger partial charge in [0.1, 0.15) is 11.5 Å². The van der Waals surface area contributed by atoms with Crippen molar-refractivity contribution in [1.29, 1.82) is 0 Å². The Labute approximate surface area is 147 Å². The molecule has 1 aromatic rings. The molecular formula is C17H26N6O2. The van der Waals surface area contributed by atoms with Gasteiger partial charge in [-0.05, 0) is 32.4 Å². The number of nitro benzene ring substituents is 1. The molecule has 1 atom stereocenters. The number of nitrogens with one attached hydrogen (secondary N) is 1. The maximum absolute atomic E-state index is 11.2. The monoisotopic (exact) mass is 346 g/mol. The SMILES string of the molecule is CCCC1=CC(N(CC)CC)=NC(N)(c2ccc(N)c([N+](=O)[O-])c2)N1. The fourth-order valence-corrected chi connectivity index (χ4v) is 2.87. The number of aliphatic imine (C=N–C) groups is 1. The third-order valence-electron chi connectivity index (χ3n) is 4.22. The third kappa shape index (κ3) is 3.90. The summed E-state index contributed by atoms with van der Waals surface area (Å²) in [5, 5.41) is 14.4. The van der Waals surface area contributed by atoms with Crippen LogP contribution in [-0.2, 0) is 5.79 Å². The highest BCUT2D eigenvalue weighted by Gasteiger charge is 2.33. The van der Waals surface area contributed by atoms with Gasteiger partial charge in [-0.3, -0.25) is 15.8 Å². The van der Waals surface area contributed by atoms with E-state index < -0.39 is 10.7 Å². The Morgan fingerprint density at radius 3 is 2.56 bits per heavy atom. The maximum atomic E-state index is 11.2. The van der Waals surface area contributed by atoms with E-state index >= 15 is 0 Å². The first kappa shape index (κ1) is 18.7. The lowest BCUT2D eigenvalue weighted by Crippen LogP contribution is -2.52. The van der Waals surface area contributed by atoms with Gasteiger partial charge in [-0.1, -0.05) is 19.4 Å². The summed E-state index contributed by atoms with van der Waals surface area (Å²) in [4.78, 5) is 17.5. The quantitative estimate of drug-likeness (QED) is 0.412. The molecule has 0 fully saturated rings. The summed E-state index contributed by atoms with van der Waals surface area (Å²) in [6.07, 6.45) is 3.76. The van der Waals surface area contributed by atoms with E-state index in [0.717, 1.165) is 37.5 Å². The minimum absolute atomic E-state index is 0.102. The first-order valence-electron chi connectivity index (χ1n) is 8.51. The molecule has 136 valence electrons. The molecule has 0 saturated heterocycles. The Morgan fingerprint density at radius 2 is 2.00 bits per heavy atom. The van der Waals surface area contributed by atoms with Gasteiger partial charge in [0.2, 0.25) is 5.79 Å². The van der Waals surface area contributed by atoms with Crippen LogP contribution in [0.1, 0.15) is 39.2 Å². The van der Waals surface area contributed by atoms with Gasteiger partial charge in [0.15, 0.2) is 0 Å². The van der Waals surface area contributed by atoms with Crippen molar-refractivity contribution in [3.8, 4) is 0 Å². The Bertz CT molecular complexity index is 711. The van der Waals surface area contributed by atoms with E-state index in [1.54, 1.807) is 6.07 Å². The summed E-state index contributed by atoms with van der Waals surface area (Å²) in [5.41, 5.74) is 13.6. The van der Waals surface area contributed by atoms with Gasteiger partial charge in [-0.15, -0.1) is 0 Å². The smallest absolute Gasteiger partial charge is 0.292 e. The van der Waals surface area contributed by atoms with Crippen LogP contribution in [0.3, 0.4) is 0 Å². The van der Waals surface area contributed by atoms with Crippen LogP contribution in [0.25, 0.3) is 0 Å². The second kappa shape index (κ2) is 7.52. The highest BCUT2D eigenvalue weighted by Crippen LogP contribution is 2.30. The second-order valence-electron chi connectivity index (χ2n) is 5.98. The molecule has 1 aliphatic rings. The summed E-state index contributed by atoms with van der Waals surface area (Å²) in [7, 11) is 0. The van der Waals surface area contributed by atoms with Gasteiger partial charge in [0.05, 0.1) is 4.92 Å². The number of nitrogens with two attached hydrogens (primary N) is 2. The summed E-state index contributed by atoms with van der Waals surface area (Å²) in [5.74, 6) is -0.496. The highest BCUT2D eigenvalue weighted by molar-refractivity contribution is 5.94. The van der Waals surface area contributed by atoms with E-state index in [1.807, 2.05) is 19.9 Å². The van der Waals surface area contributed by atoms with Crippen LogP contribution in [0.15, 0.2) is 35.0 Å². The fourth-order valence-electron chi connectivity index (χ4n) is 2.87. The molecule has 1 aromatic carbocycles. The van der Waals surface area contributed by atoms with Crippen molar-refractivity contribution >= 4 is 17.2 Å². The molecule has 1 unspecified atom stereocenters. The van der Waals surface area contributed by atoms with Gasteiger partial charge in [-0.25, -0.2) is 4.99 Å². The van der Waals surface area contributed by atoms with Crippen LogP contribution < -0.4 is 16.8 Å². The van der Waals surface area contributed by atoms with Crippen LogP contribution in [0.4, 0.5) is 11.4 Å². The minimum Gasteiger partial charge on any atom is -0.393 e. The highest BCUT2D eigenvalue weighted by atomic mass is 16.6. The van der Waals surface area contributed by atoms with Crippen LogP contribution in [-0.4, -0.2) is 28.7 Å². The standard InChI is InChI=1S/C17H26N6O2/c1-4-7-13-11-16(22(5-2)6-3)21-17(19,20-13)12-8-9-14(18)15(10-12)23(24)25/h8-11,20H,4-7,18-19H2,1-3H3. The zero-order valence-corrected chi connectivity index (χ0v) is 15.0. The number of anilines is 1. The normalized spacial score (nSPS) is 19.7. The Kier molecular flexibility index (Phi) is 5.63. The van der Waals surface area contributed by atoms with Crippen molar-refractivity contribution < 1.29 is 4.92 Å². The molecule has 0 spiro atoms. The Balaban J connectivity index is 2.52. The van der Waals surface area contributed by atoms with E-state index in [9.17, 15) is 10.1 Å². The van der Waals surface area contributed by atoms with Gasteiger partial charge >= 0.3 is 0 Å². The Morgan fingerprint density at radius 1 is 1.32 bits per heavy atom. The number of rotatable bonds is 6. The van der Waals surface area contributed by atoms with E-state index in [-0.39, 0.29) is 11.4 Å². The molecule has 8 heteroatoms. The largest absolute Gasteiger partial charge is 0.393 e. The minimum atomic E-state index is -1.27. The molecule has 0 aliphatic carbocycles. The van der Waals surface area contributed by atoms with Crippen molar-refractivity contribution in [3.05, 3.63) is 45.6 Å². The zero-order valence-electron chi connectivity index (χ0n) is 15.0. The van der Waals surface area contributed by atoms with Crippen molar-refractivity contribution in [1.82, 2.24) is 10.2 Å². The number of amidine groups is 1. The van der Waals surface area contributed by atoms with Crippen LogP contribution in [0.2, 0.25) is 0 Å². The van der Waals surface area contributed by atoms with E-state index in [0.29, 0.717) is 5.56 Å². The van der Waals surface area contributed by atoms with Gasteiger partial charge < -0.3 is 16.0 Å². The fraction of sp³-hybridized carbons (Fsp3) is 0.471. The average molecular weight is 346 g/mol. The third-order valence-corrected chi connectivity index (χ3v) is 4.22. The van der Waals surface area contributed by atoms with Crippen molar-refractivity contribution in [3.63, 3.8) is 0 Å². The van der Waals surface area contributed by atoms with Crippen LogP contribution in [0, 0.1) is 10.1 Å². The van der Waals surface area contributed by atoms with Crippen LogP contribution >= 0.6 is 0 Å². The molecular weight excluding hydrogens is 320 g/mol. The molecule has 1 heterocycles. The number of benzene rings is 1. The summed E-state index contributed by atoms with van der Waals surface area (Å²) in [6, 6.07) is 4.56. The average Bonchev–Trinajstić information content (AvgIpc) is 2.56. The van der Waals surface area contributed by atoms with Crippen molar-refractivity contribution in [2.24, 2.45) is 10.7 Å². The van der Waals surface area contributed by atoms with Gasteiger partial charge in [-0.2, -0.15) is 0 Å². The molecule has 0 amide bonds. The molecule has 0 saturated carbocycles. The number of nitrogen functional groups attached to an aromatic ring is 1. The van der Waals surface area contributed by atoms with E-state index in [4.69, 9.17) is 11.5 Å². The van der Waals surface area contributed by atoms with Gasteiger partial charge in [0.25, 0.3) is 5.69 Å². The lowest BCUT2D eigenvalue weighted by atomic mass is 10.0. The molecule has 8 nitrogen and oxygen atoms in total. The number of likely N-dealkylation sites (N-methyl/N-ethyl adjacent to an activating group) is 1. The molecule has 2 rings (SSSR count). The number of nitrogens with zero attached hydrogens (tertiary/aromatic N) is 3. The number of nitro groups is 1. The van der Waals surface area contributed by atoms with E-state index in [2.05, 4.69) is 22.1 Å². The zero-order chi connectivity index (χ0) is 18.6. The molecule has 25 heavy (non-hydrogen) atoms. The predicted octanol–water partition coefficient (Wildman–Crippen LogP) is 2.27. The first-order valence-corrected chi connectivity index (χ1v) is 8.51. The number of hydrogen-bond donors (Lipinski definition) is 3. The van der Waals surface area contributed by atoms with E-state index in [1.165, 1.54) is 12.1 Å². The predicted molar refractivity (Wildman–Crippen MR) is 99.9 cm³/mol. The molecule has 0 radical (unpaired) electrons. The topological polar surface area (TPSA) is 123 Å². The summed E-state index contributed by atoms with van der Waals surface area (Å²) < 4.78 is 0. The molecule has 0 aromatic heterocycles. The van der Waals surface area contributed by atoms with Gasteiger partial charge in [0, 0.05) is 30.4 Å². The second-order valence-corrected chi connectivity index (χ2v) is 5.98. The van der Waals surface area contributed by atoms with Crippen molar-refractivity contribution in [2.45, 2.75) is 39.4 Å². The summed E-state index contributed by atoms with van der Waals surface area (Å²) in [6.45, 7) is 7.77. The number of allylic oxidation sites excluding steroid dienone is 1. The Hall–Kier alpha value is -2.61. The molecule has 5 N–H and O–H groups in total. The summed E-state index contributed by atoms with van der Waals surface area (Å²) >= 11 is 0. The molecule has 0 bridgehead atoms. The first-order chi connectivity index (χ1) is 11.8. The number of hydrogen-bond acceptors (Lipinski definition) is 7. The molecule has 1 aliphatic heterocycles. The lowest BCUT2D eigenvalue weighted by molar-refractivity contribution is -0.384. The van der Waals surface area contributed by atoms with Crippen molar-refractivity contribution in [2.75, 3.05) is 18.8 Å². The maximum Gasteiger partial charge on any atom is 0.292 e. The van der Waals surface area contributed by atoms with Crippen LogP contribution in [0.5, 0.6) is 0 Å².